The minimum atomic E-state index is -1.10. The van der Waals surface area contributed by atoms with Gasteiger partial charge in [0, 0.05) is 31.0 Å². The molecule has 0 radical (unpaired) electrons. The van der Waals surface area contributed by atoms with E-state index in [1.807, 2.05) is 53.6 Å². The number of nitrogens with zero attached hydrogens (tertiary/aromatic N) is 3. The highest BCUT2D eigenvalue weighted by molar-refractivity contribution is 5.91. The molecule has 14 atom stereocenters. The van der Waals surface area contributed by atoms with Crippen LogP contribution in [0.4, 0.5) is 4.79 Å². The van der Waals surface area contributed by atoms with E-state index in [9.17, 15) is 14.4 Å². The molecule has 0 aromatic carbocycles. The molecule has 4 bridgehead atoms. The number of aliphatic imine (C=N–C) groups is 1. The van der Waals surface area contributed by atoms with Crippen LogP contribution in [-0.2, 0) is 42.7 Å². The number of hydrogen-bond acceptors (Lipinski definition) is 12. The fraction of sp³-hybridized carbons (Fsp3) is 0.842. The van der Waals surface area contributed by atoms with Crippen LogP contribution in [0.2, 0.25) is 0 Å². The molecule has 5 aliphatic heterocycles. The topological polar surface area (TPSA) is 135 Å². The normalized spacial score (nSPS) is 44.0. The monoisotopic (exact) mass is 719 g/mol. The minimum absolute atomic E-state index is 0.121. The van der Waals surface area contributed by atoms with Crippen molar-refractivity contribution >= 4 is 23.7 Å². The summed E-state index contributed by atoms with van der Waals surface area (Å²) in [7, 11) is 3.90. The highest BCUT2D eigenvalue weighted by atomic mass is 16.7. The Morgan fingerprint density at radius 1 is 1.10 bits per heavy atom. The number of cyclic esters (lactones) is 1. The summed E-state index contributed by atoms with van der Waals surface area (Å²) in [6.45, 7) is 22.7. The molecule has 13 nitrogen and oxygen atoms in total. The molecule has 0 aromatic rings. The maximum atomic E-state index is 14.3. The number of esters is 2. The molecule has 13 heteroatoms. The van der Waals surface area contributed by atoms with E-state index in [2.05, 4.69) is 20.4 Å². The van der Waals surface area contributed by atoms with Crippen LogP contribution in [0, 0.1) is 23.7 Å². The predicted octanol–water partition coefficient (Wildman–Crippen LogP) is 4.40. The standard InChI is InChI=1S/C38H61N3O10/c1-13-28-38(10)32-23(5)29(39-14-15-41(32)36(44)51-38)21(3)17-37(9)33(24(6)30(25(7)34(43)49-28)45-18-20(2)19-46-37)50-35-31(48-26(8)42)27(40(11)12)16-22(4)47-35/h21-25,27-28,30-33,35H,2,13-19H2,1,3-12H3/t21-,22+,23+,24+,25-,27-,28-,30+,31+,32-,33-,35-,37-,38-/m1/s1. The minimum Gasteiger partial charge on any atom is -0.458 e. The zero-order chi connectivity index (χ0) is 37.6. The summed E-state index contributed by atoms with van der Waals surface area (Å²) in [5.74, 6) is -2.43. The van der Waals surface area contributed by atoms with Gasteiger partial charge in [-0.3, -0.25) is 19.5 Å². The average Bonchev–Trinajstić information content (AvgIpc) is 3.20. The van der Waals surface area contributed by atoms with Crippen molar-refractivity contribution in [3.63, 3.8) is 0 Å². The number of fused-ring (bicyclic) bond motifs is 4. The lowest BCUT2D eigenvalue weighted by Gasteiger charge is -2.49. The van der Waals surface area contributed by atoms with Crippen molar-refractivity contribution in [2.24, 2.45) is 28.7 Å². The van der Waals surface area contributed by atoms with E-state index < -0.39 is 77.8 Å². The van der Waals surface area contributed by atoms with Gasteiger partial charge < -0.3 is 38.1 Å². The first-order chi connectivity index (χ1) is 23.9. The zero-order valence-electron chi connectivity index (χ0n) is 32.5. The Bertz CT molecular complexity index is 1360. The van der Waals surface area contributed by atoms with Gasteiger partial charge in [-0.15, -0.1) is 0 Å². The quantitative estimate of drug-likeness (QED) is 0.227. The largest absolute Gasteiger partial charge is 0.458 e. The third kappa shape index (κ3) is 7.74. The lowest BCUT2D eigenvalue weighted by molar-refractivity contribution is -0.304. The van der Waals surface area contributed by atoms with Gasteiger partial charge in [0.1, 0.15) is 6.10 Å². The molecule has 0 aromatic heterocycles. The second-order valence-electron chi connectivity index (χ2n) is 16.2. The van der Waals surface area contributed by atoms with Crippen LogP contribution in [0.1, 0.15) is 81.6 Å². The predicted molar refractivity (Wildman–Crippen MR) is 189 cm³/mol. The van der Waals surface area contributed by atoms with Crippen molar-refractivity contribution in [2.75, 3.05) is 40.4 Å². The van der Waals surface area contributed by atoms with Crippen LogP contribution in [0.5, 0.6) is 0 Å². The third-order valence-electron chi connectivity index (χ3n) is 11.9. The number of ether oxygens (including phenoxy) is 7. The molecule has 0 unspecified atom stereocenters. The van der Waals surface area contributed by atoms with Gasteiger partial charge in [-0.25, -0.2) is 4.79 Å². The van der Waals surface area contributed by atoms with E-state index in [0.717, 1.165) is 11.3 Å². The Kier molecular flexibility index (Phi) is 12.0. The van der Waals surface area contributed by atoms with Crippen molar-refractivity contribution in [3.05, 3.63) is 12.2 Å². The number of rotatable bonds is 5. The first-order valence-electron chi connectivity index (χ1n) is 18.7. The molecule has 51 heavy (non-hydrogen) atoms. The van der Waals surface area contributed by atoms with Crippen molar-refractivity contribution in [3.8, 4) is 0 Å². The number of amides is 1. The van der Waals surface area contributed by atoms with Gasteiger partial charge in [0.25, 0.3) is 0 Å². The molecule has 5 aliphatic rings. The summed E-state index contributed by atoms with van der Waals surface area (Å²) >= 11 is 0. The lowest BCUT2D eigenvalue weighted by atomic mass is 9.72. The Hall–Kier alpha value is -2.58. The molecule has 0 N–H and O–H groups in total. The SMILES string of the molecule is C=C1CO[C@H]2[C@H](C)[C@@H](O[C@H]3O[C@@H](C)C[C@@H](N(C)C)[C@@H]3OC(C)=O)[C@@](C)(C[C@@H](C)C3=NCCN4C(=O)O[C@](C)([C@@H](CC)OC(=O)[C@@H]2C)[C@H]4[C@H]3C)OC1. The van der Waals surface area contributed by atoms with Crippen LogP contribution >= 0.6 is 0 Å². The van der Waals surface area contributed by atoms with Gasteiger partial charge >= 0.3 is 18.0 Å². The molecule has 5 heterocycles. The number of likely N-dealkylation sites (N-methyl/N-ethyl adjacent to an activating group) is 1. The molecule has 0 saturated carbocycles. The Balaban J connectivity index is 1.65. The van der Waals surface area contributed by atoms with Crippen LogP contribution in [0.3, 0.4) is 0 Å². The van der Waals surface area contributed by atoms with Crippen molar-refractivity contribution in [1.29, 1.82) is 0 Å². The van der Waals surface area contributed by atoms with Crippen LogP contribution in [0.15, 0.2) is 17.1 Å². The van der Waals surface area contributed by atoms with E-state index in [4.69, 9.17) is 38.2 Å². The van der Waals surface area contributed by atoms with E-state index in [1.54, 1.807) is 11.8 Å². The molecule has 0 spiro atoms. The highest BCUT2D eigenvalue weighted by Gasteiger charge is 2.60. The molecule has 4 saturated heterocycles. The van der Waals surface area contributed by atoms with Crippen molar-refractivity contribution in [1.82, 2.24) is 9.80 Å². The van der Waals surface area contributed by atoms with Gasteiger partial charge in [-0.1, -0.05) is 34.3 Å². The molecular weight excluding hydrogens is 658 g/mol. The number of carbonyl (C=O) groups excluding carboxylic acids is 3. The second-order valence-corrected chi connectivity index (χ2v) is 16.2. The van der Waals surface area contributed by atoms with Crippen LogP contribution in [0.25, 0.3) is 0 Å². The van der Waals surface area contributed by atoms with E-state index in [1.165, 1.54) is 6.92 Å². The van der Waals surface area contributed by atoms with Crippen molar-refractivity contribution < 1.29 is 47.5 Å². The maximum absolute atomic E-state index is 14.3. The first-order valence-corrected chi connectivity index (χ1v) is 18.7. The van der Waals surface area contributed by atoms with Gasteiger partial charge in [0.15, 0.2) is 18.0 Å². The van der Waals surface area contributed by atoms with Crippen LogP contribution in [-0.4, -0.2) is 134 Å². The molecule has 4 fully saturated rings. The van der Waals surface area contributed by atoms with E-state index in [-0.39, 0.29) is 37.2 Å². The van der Waals surface area contributed by atoms with Crippen LogP contribution < -0.4 is 0 Å². The fourth-order valence-electron chi connectivity index (χ4n) is 9.51. The summed E-state index contributed by atoms with van der Waals surface area (Å²) in [5.41, 5.74) is -0.435. The summed E-state index contributed by atoms with van der Waals surface area (Å²) < 4.78 is 45.5. The van der Waals surface area contributed by atoms with Gasteiger partial charge in [-0.05, 0) is 72.5 Å². The molecule has 288 valence electrons. The molecule has 5 rings (SSSR count). The van der Waals surface area contributed by atoms with E-state index in [0.29, 0.717) is 32.4 Å². The Labute approximate surface area is 303 Å². The molecule has 0 aliphatic carbocycles. The number of hydrogen-bond donors (Lipinski definition) is 0. The lowest BCUT2D eigenvalue weighted by Crippen LogP contribution is -2.61. The fourth-order valence-corrected chi connectivity index (χ4v) is 9.51. The Morgan fingerprint density at radius 2 is 1.80 bits per heavy atom. The third-order valence-corrected chi connectivity index (χ3v) is 11.9. The second kappa shape index (κ2) is 15.4. The van der Waals surface area contributed by atoms with Gasteiger partial charge in [0.05, 0.1) is 61.7 Å². The summed E-state index contributed by atoms with van der Waals surface area (Å²) in [6.07, 6.45) is -2.82. The maximum Gasteiger partial charge on any atom is 0.410 e. The molecular formula is C38H61N3O10. The smallest absolute Gasteiger partial charge is 0.410 e. The van der Waals surface area contributed by atoms with E-state index >= 15 is 0 Å². The van der Waals surface area contributed by atoms with Gasteiger partial charge in [0.2, 0.25) is 0 Å². The first kappa shape index (κ1) is 39.6. The molecule has 1 amide bonds. The highest BCUT2D eigenvalue weighted by Crippen LogP contribution is 2.45. The number of carbonyl (C=O) groups is 3. The van der Waals surface area contributed by atoms with Gasteiger partial charge in [-0.2, -0.15) is 0 Å². The van der Waals surface area contributed by atoms with Crippen molar-refractivity contribution in [2.45, 2.75) is 142 Å². The zero-order valence-corrected chi connectivity index (χ0v) is 32.5. The summed E-state index contributed by atoms with van der Waals surface area (Å²) in [6, 6.07) is -0.574. The Morgan fingerprint density at radius 3 is 2.45 bits per heavy atom. The average molecular weight is 720 g/mol. The summed E-state index contributed by atoms with van der Waals surface area (Å²) in [4.78, 5) is 49.1. The summed E-state index contributed by atoms with van der Waals surface area (Å²) in [5, 5.41) is 0.